The lowest BCUT2D eigenvalue weighted by Crippen LogP contribution is -2.48. The van der Waals surface area contributed by atoms with Gasteiger partial charge in [0.15, 0.2) is 0 Å². The minimum atomic E-state index is 0.0244. The highest BCUT2D eigenvalue weighted by Crippen LogP contribution is 2.37. The van der Waals surface area contributed by atoms with E-state index >= 15 is 0 Å². The number of aliphatic hydroxyl groups excluding tert-OH is 1. The first-order chi connectivity index (χ1) is 11.6. The van der Waals surface area contributed by atoms with Crippen molar-refractivity contribution in [2.24, 2.45) is 5.92 Å². The Morgan fingerprint density at radius 1 is 1.04 bits per heavy atom. The van der Waals surface area contributed by atoms with Crippen LogP contribution in [-0.4, -0.2) is 23.4 Å². The standard InChI is InChI=1S/C18H19Cl2N2O2/c19-16-6-3-7-17(20)18(16)21-11-13(8-9-22(21)24)10-14-4-1-2-5-15(14)12-23/h1-7,13,23H,8-12H2/q-1. The maximum absolute atomic E-state index is 12.3. The number of rotatable bonds is 4. The van der Waals surface area contributed by atoms with Gasteiger partial charge < -0.3 is 15.3 Å². The van der Waals surface area contributed by atoms with Gasteiger partial charge in [0, 0.05) is 13.1 Å². The molecule has 2 aromatic rings. The van der Waals surface area contributed by atoms with Gasteiger partial charge in [-0.3, -0.25) is 5.17 Å². The van der Waals surface area contributed by atoms with Crippen LogP contribution in [0, 0.1) is 11.1 Å². The Kier molecular flexibility index (Phi) is 5.64. The topological polar surface area (TPSA) is 49.8 Å². The second kappa shape index (κ2) is 7.72. The second-order valence-corrected chi connectivity index (χ2v) is 6.83. The molecule has 2 aromatic carbocycles. The van der Waals surface area contributed by atoms with Gasteiger partial charge in [-0.1, -0.05) is 53.5 Å². The van der Waals surface area contributed by atoms with Gasteiger partial charge in [0.1, 0.15) is 0 Å². The van der Waals surface area contributed by atoms with Gasteiger partial charge in [0.25, 0.3) is 0 Å². The van der Waals surface area contributed by atoms with Crippen LogP contribution >= 0.6 is 23.2 Å². The van der Waals surface area contributed by atoms with Crippen molar-refractivity contribution in [3.63, 3.8) is 0 Å². The highest BCUT2D eigenvalue weighted by molar-refractivity contribution is 6.39. The molecule has 0 bridgehead atoms. The summed E-state index contributed by atoms with van der Waals surface area (Å²) >= 11 is 12.5. The van der Waals surface area contributed by atoms with Crippen molar-refractivity contribution in [3.05, 3.63) is 68.8 Å². The van der Waals surface area contributed by atoms with Crippen molar-refractivity contribution >= 4 is 28.9 Å². The van der Waals surface area contributed by atoms with E-state index in [1.165, 1.54) is 0 Å². The fourth-order valence-corrected chi connectivity index (χ4v) is 3.76. The number of halogens is 2. The molecule has 1 fully saturated rings. The predicted octanol–water partition coefficient (Wildman–Crippen LogP) is 4.27. The number of aliphatic hydroxyl groups is 1. The molecule has 0 aromatic heterocycles. The van der Waals surface area contributed by atoms with Gasteiger partial charge in [-0.15, -0.1) is 0 Å². The number of para-hydroxylation sites is 1. The van der Waals surface area contributed by atoms with Crippen LogP contribution in [0.4, 0.5) is 5.69 Å². The summed E-state index contributed by atoms with van der Waals surface area (Å²) in [6, 6.07) is 13.1. The third-order valence-electron chi connectivity index (χ3n) is 4.42. The van der Waals surface area contributed by atoms with E-state index in [0.717, 1.165) is 29.1 Å². The quantitative estimate of drug-likeness (QED) is 0.878. The molecule has 1 N–H and O–H groups in total. The molecule has 0 spiro atoms. The Labute approximate surface area is 151 Å². The molecule has 128 valence electrons. The van der Waals surface area contributed by atoms with Gasteiger partial charge in [-0.05, 0) is 42.0 Å². The predicted molar refractivity (Wildman–Crippen MR) is 98.1 cm³/mol. The number of hydroxylamine groups is 1. The lowest BCUT2D eigenvalue weighted by atomic mass is 9.92. The lowest BCUT2D eigenvalue weighted by molar-refractivity contribution is 0.235. The van der Waals surface area contributed by atoms with Crippen LogP contribution in [0.5, 0.6) is 0 Å². The van der Waals surface area contributed by atoms with Gasteiger partial charge in [-0.2, -0.15) is 0 Å². The van der Waals surface area contributed by atoms with Crippen molar-refractivity contribution in [1.29, 1.82) is 0 Å². The summed E-state index contributed by atoms with van der Waals surface area (Å²) in [4.78, 5) is 0. The highest BCUT2D eigenvalue weighted by atomic mass is 35.5. The van der Waals surface area contributed by atoms with Crippen molar-refractivity contribution in [2.75, 3.05) is 18.1 Å². The molecule has 1 heterocycles. The van der Waals surface area contributed by atoms with Crippen molar-refractivity contribution in [1.82, 2.24) is 5.17 Å². The summed E-state index contributed by atoms with van der Waals surface area (Å²) in [6.45, 7) is 0.969. The summed E-state index contributed by atoms with van der Waals surface area (Å²) in [5.41, 5.74) is 2.62. The van der Waals surface area contributed by atoms with E-state index < -0.39 is 0 Å². The van der Waals surface area contributed by atoms with E-state index in [1.54, 1.807) is 23.2 Å². The molecular weight excluding hydrogens is 347 g/mol. The number of anilines is 1. The average Bonchev–Trinajstić information content (AvgIpc) is 2.58. The van der Waals surface area contributed by atoms with Crippen molar-refractivity contribution in [3.8, 4) is 0 Å². The molecule has 6 heteroatoms. The Morgan fingerprint density at radius 3 is 2.38 bits per heavy atom. The van der Waals surface area contributed by atoms with Gasteiger partial charge in [0.2, 0.25) is 0 Å². The van der Waals surface area contributed by atoms with Crippen LogP contribution in [0.25, 0.3) is 0 Å². The van der Waals surface area contributed by atoms with Gasteiger partial charge in [0.05, 0.1) is 22.3 Å². The molecule has 1 aliphatic rings. The Hall–Kier alpha value is -1.30. The average molecular weight is 366 g/mol. The minimum Gasteiger partial charge on any atom is -0.767 e. The second-order valence-electron chi connectivity index (χ2n) is 6.01. The Balaban J connectivity index is 1.81. The SMILES string of the molecule is [O-]N1CCC(Cc2ccccc2CO)CN1c1c(Cl)cccc1Cl. The summed E-state index contributed by atoms with van der Waals surface area (Å²) in [6.07, 6.45) is 1.60. The van der Waals surface area contributed by atoms with Crippen molar-refractivity contribution < 1.29 is 5.11 Å². The Bertz CT molecular complexity index is 691. The summed E-state index contributed by atoms with van der Waals surface area (Å²) in [5, 5.41) is 25.3. The van der Waals surface area contributed by atoms with Gasteiger partial charge >= 0.3 is 0 Å². The molecule has 0 aliphatic carbocycles. The van der Waals surface area contributed by atoms with E-state index in [4.69, 9.17) is 23.2 Å². The fourth-order valence-electron chi connectivity index (χ4n) is 3.17. The largest absolute Gasteiger partial charge is 0.767 e. The Morgan fingerprint density at radius 2 is 1.71 bits per heavy atom. The van der Waals surface area contributed by atoms with Gasteiger partial charge in [-0.25, -0.2) is 0 Å². The molecule has 3 rings (SSSR count). The maximum Gasteiger partial charge on any atom is 0.0885 e. The highest BCUT2D eigenvalue weighted by Gasteiger charge is 2.25. The van der Waals surface area contributed by atoms with Crippen molar-refractivity contribution in [2.45, 2.75) is 19.4 Å². The number of hydrazine groups is 1. The zero-order chi connectivity index (χ0) is 17.1. The number of benzene rings is 2. The van der Waals surface area contributed by atoms with Crippen LogP contribution in [0.3, 0.4) is 0 Å². The molecule has 1 unspecified atom stereocenters. The molecule has 1 saturated heterocycles. The number of nitrogens with zero attached hydrogens (tertiary/aromatic N) is 2. The molecule has 0 amide bonds. The molecule has 0 radical (unpaired) electrons. The lowest BCUT2D eigenvalue weighted by Gasteiger charge is -2.48. The maximum atomic E-state index is 12.3. The molecular formula is C18H19Cl2N2O2-. The summed E-state index contributed by atoms with van der Waals surface area (Å²) < 4.78 is 0. The first kappa shape index (κ1) is 17.5. The number of hydrogen-bond acceptors (Lipinski definition) is 4. The molecule has 1 atom stereocenters. The monoisotopic (exact) mass is 365 g/mol. The van der Waals surface area contributed by atoms with E-state index in [2.05, 4.69) is 0 Å². The van der Waals surface area contributed by atoms with Crippen LogP contribution in [0.1, 0.15) is 17.5 Å². The zero-order valence-electron chi connectivity index (χ0n) is 13.2. The van der Waals surface area contributed by atoms with Crippen LogP contribution in [-0.2, 0) is 13.0 Å². The third kappa shape index (κ3) is 3.68. The first-order valence-electron chi connectivity index (χ1n) is 7.94. The normalized spacial score (nSPS) is 18.8. The molecule has 0 saturated carbocycles. The van der Waals surface area contributed by atoms with E-state index in [-0.39, 0.29) is 12.5 Å². The van der Waals surface area contributed by atoms with E-state index in [1.807, 2.05) is 24.3 Å². The zero-order valence-corrected chi connectivity index (χ0v) is 14.7. The van der Waals surface area contributed by atoms with Crippen LogP contribution in [0.15, 0.2) is 42.5 Å². The van der Waals surface area contributed by atoms with Crippen LogP contribution in [0.2, 0.25) is 10.0 Å². The number of hydrogen-bond donors (Lipinski definition) is 1. The first-order valence-corrected chi connectivity index (χ1v) is 8.69. The fraction of sp³-hybridized carbons (Fsp3) is 0.333. The van der Waals surface area contributed by atoms with Crippen LogP contribution < -0.4 is 5.01 Å². The molecule has 24 heavy (non-hydrogen) atoms. The van der Waals surface area contributed by atoms with E-state index in [0.29, 0.717) is 28.8 Å². The summed E-state index contributed by atoms with van der Waals surface area (Å²) in [5.74, 6) is 0.287. The van der Waals surface area contributed by atoms with E-state index in [9.17, 15) is 10.3 Å². The summed E-state index contributed by atoms with van der Waals surface area (Å²) in [7, 11) is 0. The molecule has 1 aliphatic heterocycles. The minimum absolute atomic E-state index is 0.0244. The molecule has 4 nitrogen and oxygen atoms in total. The smallest absolute Gasteiger partial charge is 0.0885 e. The third-order valence-corrected chi connectivity index (χ3v) is 5.03.